The molecule has 1 saturated heterocycles. The predicted octanol–water partition coefficient (Wildman–Crippen LogP) is 4.25. The normalized spacial score (nSPS) is 14.8. The molecule has 1 N–H and O–H groups in total. The molecule has 0 aliphatic carbocycles. The summed E-state index contributed by atoms with van der Waals surface area (Å²) in [5.41, 5.74) is 2.25. The maximum Gasteiger partial charge on any atom is 0.573 e. The van der Waals surface area contributed by atoms with Gasteiger partial charge < -0.3 is 19.9 Å². The molecule has 8 heteroatoms. The molecule has 1 heterocycles. The highest BCUT2D eigenvalue weighted by atomic mass is 19.4. The zero-order chi connectivity index (χ0) is 19.4. The van der Waals surface area contributed by atoms with Crippen LogP contribution in [0.4, 0.5) is 29.3 Å². The first-order valence-corrected chi connectivity index (χ1v) is 8.54. The summed E-state index contributed by atoms with van der Waals surface area (Å²) >= 11 is 0. The van der Waals surface area contributed by atoms with Gasteiger partial charge in [0.1, 0.15) is 0 Å². The number of nitrogens with zero attached hydrogens (tertiary/aromatic N) is 2. The van der Waals surface area contributed by atoms with Gasteiger partial charge in [-0.25, -0.2) is 4.79 Å². The number of carbonyl (C=O) groups is 1. The summed E-state index contributed by atoms with van der Waals surface area (Å²) in [6.45, 7) is 4.27. The Morgan fingerprint density at radius 3 is 2.26 bits per heavy atom. The van der Waals surface area contributed by atoms with Crippen molar-refractivity contribution < 1.29 is 22.7 Å². The van der Waals surface area contributed by atoms with Gasteiger partial charge in [0.2, 0.25) is 0 Å². The number of nitrogens with one attached hydrogen (secondary N) is 1. The molecular weight excluding hydrogens is 359 g/mol. The van der Waals surface area contributed by atoms with Crippen LogP contribution in [-0.2, 0) is 0 Å². The zero-order valence-electron chi connectivity index (χ0n) is 14.8. The monoisotopic (exact) mass is 379 g/mol. The Morgan fingerprint density at radius 2 is 1.63 bits per heavy atom. The lowest BCUT2D eigenvalue weighted by Gasteiger charge is -2.36. The third-order valence-corrected chi connectivity index (χ3v) is 4.32. The van der Waals surface area contributed by atoms with Gasteiger partial charge in [-0.15, -0.1) is 13.2 Å². The third kappa shape index (κ3) is 5.06. The molecule has 0 saturated carbocycles. The molecule has 3 rings (SSSR count). The highest BCUT2D eigenvalue weighted by molar-refractivity contribution is 5.91. The average Bonchev–Trinajstić information content (AvgIpc) is 2.63. The van der Waals surface area contributed by atoms with Crippen LogP contribution in [0.25, 0.3) is 0 Å². The van der Waals surface area contributed by atoms with Gasteiger partial charge in [-0.2, -0.15) is 0 Å². The number of alkyl halides is 3. The Hall–Kier alpha value is -2.90. The Bertz CT molecular complexity index is 786. The maximum atomic E-state index is 12.5. The van der Waals surface area contributed by atoms with E-state index in [9.17, 15) is 18.0 Å². The molecule has 27 heavy (non-hydrogen) atoms. The summed E-state index contributed by atoms with van der Waals surface area (Å²) in [6.07, 6.45) is -4.82. The van der Waals surface area contributed by atoms with Crippen LogP contribution in [0.15, 0.2) is 48.5 Å². The summed E-state index contributed by atoms with van der Waals surface area (Å²) in [6, 6.07) is 13.2. The van der Waals surface area contributed by atoms with Gasteiger partial charge in [0.25, 0.3) is 0 Å². The summed E-state index contributed by atoms with van der Waals surface area (Å²) in [4.78, 5) is 16.2. The van der Waals surface area contributed by atoms with Crippen molar-refractivity contribution in [3.05, 3.63) is 54.1 Å². The number of piperazine rings is 1. The average molecular weight is 379 g/mol. The van der Waals surface area contributed by atoms with Gasteiger partial charge in [-0.1, -0.05) is 29.8 Å². The van der Waals surface area contributed by atoms with E-state index in [-0.39, 0.29) is 5.69 Å². The van der Waals surface area contributed by atoms with E-state index in [0.29, 0.717) is 26.2 Å². The summed E-state index contributed by atoms with van der Waals surface area (Å²) in [5.74, 6) is -0.434. The van der Waals surface area contributed by atoms with Crippen molar-refractivity contribution in [3.8, 4) is 5.75 Å². The lowest BCUT2D eigenvalue weighted by molar-refractivity contribution is -0.274. The smallest absolute Gasteiger partial charge is 0.404 e. The zero-order valence-corrected chi connectivity index (χ0v) is 14.8. The van der Waals surface area contributed by atoms with Crippen LogP contribution in [0.1, 0.15) is 5.56 Å². The number of ether oxygens (including phenoxy) is 1. The quantitative estimate of drug-likeness (QED) is 0.867. The second-order valence-corrected chi connectivity index (χ2v) is 6.28. The first kappa shape index (κ1) is 18.9. The summed E-state index contributed by atoms with van der Waals surface area (Å²) in [7, 11) is 0. The van der Waals surface area contributed by atoms with E-state index in [1.807, 2.05) is 31.2 Å². The largest absolute Gasteiger partial charge is 0.573 e. The number of hydrogen-bond donors (Lipinski definition) is 1. The van der Waals surface area contributed by atoms with Crippen LogP contribution in [0.2, 0.25) is 0 Å². The molecule has 2 aromatic rings. The molecule has 0 unspecified atom stereocenters. The van der Waals surface area contributed by atoms with Crippen LogP contribution in [0.3, 0.4) is 0 Å². The second-order valence-electron chi connectivity index (χ2n) is 6.28. The van der Waals surface area contributed by atoms with E-state index in [1.165, 1.54) is 29.8 Å². The van der Waals surface area contributed by atoms with Crippen molar-refractivity contribution in [3.63, 3.8) is 0 Å². The molecule has 1 aliphatic heterocycles. The van der Waals surface area contributed by atoms with Crippen molar-refractivity contribution in [1.82, 2.24) is 4.90 Å². The van der Waals surface area contributed by atoms with Crippen LogP contribution >= 0.6 is 0 Å². The van der Waals surface area contributed by atoms with Crippen LogP contribution in [-0.4, -0.2) is 43.5 Å². The number of benzene rings is 2. The fraction of sp³-hybridized carbons (Fsp3) is 0.316. The minimum Gasteiger partial charge on any atom is -0.404 e. The highest BCUT2D eigenvalue weighted by Crippen LogP contribution is 2.30. The molecule has 0 aromatic heterocycles. The van der Waals surface area contributed by atoms with Crippen LogP contribution in [0, 0.1) is 6.92 Å². The SMILES string of the molecule is Cc1ccc(N2CCN(C(=O)Nc3ccccc3OC(F)(F)F)CC2)cc1. The Morgan fingerprint density at radius 1 is 1.00 bits per heavy atom. The van der Waals surface area contributed by atoms with Gasteiger partial charge in [0.15, 0.2) is 5.75 Å². The lowest BCUT2D eigenvalue weighted by atomic mass is 10.2. The van der Waals surface area contributed by atoms with E-state index in [2.05, 4.69) is 15.0 Å². The molecule has 2 amide bonds. The Balaban J connectivity index is 1.59. The van der Waals surface area contributed by atoms with Crippen molar-refractivity contribution >= 4 is 17.4 Å². The molecular formula is C19H20F3N3O2. The number of amides is 2. The van der Waals surface area contributed by atoms with Crippen LogP contribution < -0.4 is 15.0 Å². The Labute approximate surface area is 155 Å². The molecule has 1 fully saturated rings. The number of hydrogen-bond acceptors (Lipinski definition) is 3. The first-order chi connectivity index (χ1) is 12.8. The standard InChI is InChI=1S/C19H20F3N3O2/c1-14-6-8-15(9-7-14)24-10-12-25(13-11-24)18(26)23-16-4-2-3-5-17(16)27-19(20,21)22/h2-9H,10-13H2,1H3,(H,23,26). The van der Waals surface area contributed by atoms with Crippen molar-refractivity contribution in [2.24, 2.45) is 0 Å². The molecule has 0 radical (unpaired) electrons. The minimum absolute atomic E-state index is 0.0132. The molecule has 5 nitrogen and oxygen atoms in total. The molecule has 1 aliphatic rings. The summed E-state index contributed by atoms with van der Waals surface area (Å²) < 4.78 is 41.4. The van der Waals surface area contributed by atoms with E-state index < -0.39 is 18.1 Å². The number of rotatable bonds is 3. The van der Waals surface area contributed by atoms with Crippen molar-refractivity contribution in [1.29, 1.82) is 0 Å². The lowest BCUT2D eigenvalue weighted by Crippen LogP contribution is -2.50. The van der Waals surface area contributed by atoms with Crippen molar-refractivity contribution in [2.45, 2.75) is 13.3 Å². The van der Waals surface area contributed by atoms with E-state index >= 15 is 0 Å². The third-order valence-electron chi connectivity index (χ3n) is 4.32. The fourth-order valence-corrected chi connectivity index (χ4v) is 2.90. The highest BCUT2D eigenvalue weighted by Gasteiger charge is 2.32. The summed E-state index contributed by atoms with van der Waals surface area (Å²) in [5, 5.41) is 2.51. The molecule has 0 spiro atoms. The van der Waals surface area contributed by atoms with Gasteiger partial charge in [0, 0.05) is 31.9 Å². The second kappa shape index (κ2) is 7.77. The number of anilines is 2. The molecule has 0 bridgehead atoms. The van der Waals surface area contributed by atoms with Gasteiger partial charge in [0.05, 0.1) is 5.69 Å². The van der Waals surface area contributed by atoms with Gasteiger partial charge in [-0.3, -0.25) is 0 Å². The molecule has 144 valence electrons. The number of carbonyl (C=O) groups excluding carboxylic acids is 1. The van der Waals surface area contributed by atoms with Crippen LogP contribution in [0.5, 0.6) is 5.75 Å². The Kier molecular flexibility index (Phi) is 5.43. The van der Waals surface area contributed by atoms with Gasteiger partial charge in [-0.05, 0) is 31.2 Å². The van der Waals surface area contributed by atoms with Crippen molar-refractivity contribution in [2.75, 3.05) is 36.4 Å². The maximum absolute atomic E-state index is 12.5. The number of para-hydroxylation sites is 2. The fourth-order valence-electron chi connectivity index (χ4n) is 2.90. The first-order valence-electron chi connectivity index (χ1n) is 8.54. The van der Waals surface area contributed by atoms with E-state index in [4.69, 9.17) is 0 Å². The predicted molar refractivity (Wildman–Crippen MR) is 97.1 cm³/mol. The molecule has 2 aromatic carbocycles. The van der Waals surface area contributed by atoms with E-state index in [1.54, 1.807) is 4.90 Å². The van der Waals surface area contributed by atoms with Gasteiger partial charge >= 0.3 is 12.4 Å². The topological polar surface area (TPSA) is 44.8 Å². The number of halogens is 3. The van der Waals surface area contributed by atoms with E-state index in [0.717, 1.165) is 5.69 Å². The number of aryl methyl sites for hydroxylation is 1. The number of urea groups is 1. The molecule has 0 atom stereocenters. The minimum atomic E-state index is -4.82.